The van der Waals surface area contributed by atoms with Crippen molar-refractivity contribution in [1.29, 1.82) is 0 Å². The number of nitrogens with one attached hydrogen (secondary N) is 1. The molecule has 1 aliphatic carbocycles. The molecule has 1 aliphatic rings. The van der Waals surface area contributed by atoms with Crippen molar-refractivity contribution in [1.82, 2.24) is 5.32 Å². The average Bonchev–Trinajstić information content (AvgIpc) is 3.38. The molecule has 0 unspecified atom stereocenters. The highest BCUT2D eigenvalue weighted by atomic mass is 32.2. The summed E-state index contributed by atoms with van der Waals surface area (Å²) in [5.74, 6) is -0.276. The van der Waals surface area contributed by atoms with E-state index in [1.165, 1.54) is 4.31 Å². The van der Waals surface area contributed by atoms with Crippen LogP contribution in [0.4, 0.5) is 5.69 Å². The van der Waals surface area contributed by atoms with Crippen LogP contribution in [-0.2, 0) is 14.8 Å². The Morgan fingerprint density at radius 1 is 1.08 bits per heavy atom. The van der Waals surface area contributed by atoms with Gasteiger partial charge >= 0.3 is 0 Å². The second-order valence-electron chi connectivity index (χ2n) is 6.45. The summed E-state index contributed by atoms with van der Waals surface area (Å²) < 4.78 is 27.6. The minimum Gasteiger partial charge on any atom is -0.352 e. The Labute approximate surface area is 148 Å². The lowest BCUT2D eigenvalue weighted by Crippen LogP contribution is -2.41. The fourth-order valence-corrected chi connectivity index (χ4v) is 4.10. The first kappa shape index (κ1) is 17.5. The molecule has 1 saturated carbocycles. The van der Waals surface area contributed by atoms with E-state index >= 15 is 0 Å². The molecule has 1 N–H and O–H groups in total. The van der Waals surface area contributed by atoms with Gasteiger partial charge in [-0.05, 0) is 50.5 Å². The molecule has 3 rings (SSSR count). The predicted octanol–water partition coefficient (Wildman–Crippen LogP) is 2.78. The standard InChI is InChI=1S/C19H22N2O3S/c1-14-7-11-17(12-8-14)25(23,24)21(13-19(22)20-16-9-10-16)18-6-4-3-5-15(18)2/h3-8,11-12,16H,9-10,13H2,1-2H3,(H,20,22). The van der Waals surface area contributed by atoms with Crippen LogP contribution in [0.15, 0.2) is 53.4 Å². The van der Waals surface area contributed by atoms with Crippen LogP contribution in [0.2, 0.25) is 0 Å². The first-order chi connectivity index (χ1) is 11.9. The van der Waals surface area contributed by atoms with Crippen LogP contribution in [-0.4, -0.2) is 26.9 Å². The monoisotopic (exact) mass is 358 g/mol. The van der Waals surface area contributed by atoms with E-state index in [-0.39, 0.29) is 23.4 Å². The smallest absolute Gasteiger partial charge is 0.264 e. The van der Waals surface area contributed by atoms with E-state index in [1.807, 2.05) is 26.0 Å². The molecule has 0 saturated heterocycles. The van der Waals surface area contributed by atoms with Gasteiger partial charge in [-0.3, -0.25) is 9.10 Å². The molecule has 6 heteroatoms. The van der Waals surface area contributed by atoms with Crippen molar-refractivity contribution >= 4 is 21.6 Å². The van der Waals surface area contributed by atoms with Gasteiger partial charge in [0, 0.05) is 6.04 Å². The summed E-state index contributed by atoms with van der Waals surface area (Å²) in [4.78, 5) is 12.5. The number of hydrogen-bond acceptors (Lipinski definition) is 3. The topological polar surface area (TPSA) is 66.5 Å². The SMILES string of the molecule is Cc1ccc(S(=O)(=O)N(CC(=O)NC2CC2)c2ccccc2C)cc1. The summed E-state index contributed by atoms with van der Waals surface area (Å²) in [5.41, 5.74) is 2.30. The molecule has 0 radical (unpaired) electrons. The number of carbonyl (C=O) groups is 1. The maximum absolute atomic E-state index is 13.2. The molecule has 2 aromatic rings. The first-order valence-corrected chi connectivity index (χ1v) is 9.76. The molecule has 0 aromatic heterocycles. The van der Waals surface area contributed by atoms with E-state index in [1.54, 1.807) is 36.4 Å². The number of rotatable bonds is 6. The van der Waals surface area contributed by atoms with E-state index in [0.717, 1.165) is 24.0 Å². The molecule has 1 fully saturated rings. The highest BCUT2D eigenvalue weighted by Crippen LogP contribution is 2.27. The fourth-order valence-electron chi connectivity index (χ4n) is 2.61. The van der Waals surface area contributed by atoms with Crippen molar-refractivity contribution in [3.05, 3.63) is 59.7 Å². The van der Waals surface area contributed by atoms with Crippen molar-refractivity contribution in [3.8, 4) is 0 Å². The lowest BCUT2D eigenvalue weighted by atomic mass is 10.2. The van der Waals surface area contributed by atoms with Crippen molar-refractivity contribution in [3.63, 3.8) is 0 Å². The molecule has 1 amide bonds. The number of nitrogens with zero attached hydrogens (tertiary/aromatic N) is 1. The maximum atomic E-state index is 13.2. The van der Waals surface area contributed by atoms with Crippen LogP contribution in [0.3, 0.4) is 0 Å². The molecular formula is C19H22N2O3S. The Morgan fingerprint density at radius 2 is 1.72 bits per heavy atom. The number of aryl methyl sites for hydroxylation is 2. The Kier molecular flexibility index (Phi) is 4.81. The minimum atomic E-state index is -3.83. The zero-order valence-corrected chi connectivity index (χ0v) is 15.2. The number of amides is 1. The lowest BCUT2D eigenvalue weighted by molar-refractivity contribution is -0.119. The van der Waals surface area contributed by atoms with Crippen molar-refractivity contribution in [2.24, 2.45) is 0 Å². The van der Waals surface area contributed by atoms with Gasteiger partial charge in [-0.15, -0.1) is 0 Å². The second-order valence-corrected chi connectivity index (χ2v) is 8.32. The summed E-state index contributed by atoms with van der Waals surface area (Å²) in [6, 6.07) is 14.0. The summed E-state index contributed by atoms with van der Waals surface area (Å²) >= 11 is 0. The van der Waals surface area contributed by atoms with Crippen molar-refractivity contribution < 1.29 is 13.2 Å². The van der Waals surface area contributed by atoms with Gasteiger partial charge in [-0.2, -0.15) is 0 Å². The largest absolute Gasteiger partial charge is 0.352 e. The highest BCUT2D eigenvalue weighted by Gasteiger charge is 2.30. The van der Waals surface area contributed by atoms with Crippen LogP contribution in [0.5, 0.6) is 0 Å². The number of hydrogen-bond donors (Lipinski definition) is 1. The summed E-state index contributed by atoms with van der Waals surface area (Å²) in [6.45, 7) is 3.52. The van der Waals surface area contributed by atoms with Crippen molar-refractivity contribution in [2.45, 2.75) is 37.6 Å². The molecule has 25 heavy (non-hydrogen) atoms. The molecule has 0 bridgehead atoms. The average molecular weight is 358 g/mol. The van der Waals surface area contributed by atoms with E-state index < -0.39 is 10.0 Å². The Morgan fingerprint density at radius 3 is 2.32 bits per heavy atom. The zero-order valence-electron chi connectivity index (χ0n) is 14.4. The van der Waals surface area contributed by atoms with Crippen LogP contribution in [0, 0.1) is 13.8 Å². The molecule has 0 aliphatic heterocycles. The van der Waals surface area contributed by atoms with E-state index in [4.69, 9.17) is 0 Å². The summed E-state index contributed by atoms with van der Waals surface area (Å²) in [5, 5.41) is 2.86. The van der Waals surface area contributed by atoms with Crippen LogP contribution < -0.4 is 9.62 Å². The number of benzene rings is 2. The molecular weight excluding hydrogens is 336 g/mol. The minimum absolute atomic E-state index is 0.181. The maximum Gasteiger partial charge on any atom is 0.264 e. The molecule has 132 valence electrons. The molecule has 0 heterocycles. The van der Waals surface area contributed by atoms with Crippen LogP contribution >= 0.6 is 0 Å². The van der Waals surface area contributed by atoms with Gasteiger partial charge < -0.3 is 5.32 Å². The van der Waals surface area contributed by atoms with Gasteiger partial charge in [-0.1, -0.05) is 35.9 Å². The van der Waals surface area contributed by atoms with E-state index in [2.05, 4.69) is 5.32 Å². The van der Waals surface area contributed by atoms with E-state index in [9.17, 15) is 13.2 Å². The third-order valence-corrected chi connectivity index (χ3v) is 6.00. The number of para-hydroxylation sites is 1. The quantitative estimate of drug-likeness (QED) is 0.863. The van der Waals surface area contributed by atoms with Crippen LogP contribution in [0.25, 0.3) is 0 Å². The lowest BCUT2D eigenvalue weighted by Gasteiger charge is -2.25. The number of sulfonamides is 1. The molecule has 5 nitrogen and oxygen atoms in total. The van der Waals surface area contributed by atoms with Crippen molar-refractivity contribution in [2.75, 3.05) is 10.8 Å². The third-order valence-electron chi connectivity index (χ3n) is 4.22. The normalized spacial score (nSPS) is 14.2. The number of anilines is 1. The van der Waals surface area contributed by atoms with Gasteiger partial charge in [0.05, 0.1) is 10.6 Å². The Hall–Kier alpha value is -2.34. The van der Waals surface area contributed by atoms with Gasteiger partial charge in [0.2, 0.25) is 5.91 Å². The Bertz CT molecular complexity index is 872. The zero-order chi connectivity index (χ0) is 18.0. The van der Waals surface area contributed by atoms with Gasteiger partial charge in [-0.25, -0.2) is 8.42 Å². The van der Waals surface area contributed by atoms with E-state index in [0.29, 0.717) is 5.69 Å². The highest BCUT2D eigenvalue weighted by molar-refractivity contribution is 7.92. The molecule has 0 spiro atoms. The van der Waals surface area contributed by atoms with Gasteiger partial charge in [0.1, 0.15) is 6.54 Å². The summed E-state index contributed by atoms with van der Waals surface area (Å²) in [7, 11) is -3.83. The molecule has 2 aromatic carbocycles. The summed E-state index contributed by atoms with van der Waals surface area (Å²) in [6.07, 6.45) is 1.92. The fraction of sp³-hybridized carbons (Fsp3) is 0.316. The second kappa shape index (κ2) is 6.88. The molecule has 0 atom stereocenters. The van der Waals surface area contributed by atoms with Crippen LogP contribution in [0.1, 0.15) is 24.0 Å². The number of carbonyl (C=O) groups excluding carboxylic acids is 1. The Balaban J connectivity index is 1.98. The van der Waals surface area contributed by atoms with Gasteiger partial charge in [0.15, 0.2) is 0 Å². The predicted molar refractivity (Wildman–Crippen MR) is 98.1 cm³/mol. The van der Waals surface area contributed by atoms with Gasteiger partial charge in [0.25, 0.3) is 10.0 Å². The third kappa shape index (κ3) is 4.02. The first-order valence-electron chi connectivity index (χ1n) is 8.32.